The third-order valence-electron chi connectivity index (χ3n) is 28.8. The fourth-order valence-electron chi connectivity index (χ4n) is 20.0. The zero-order valence-corrected chi connectivity index (χ0v) is 96.1. The van der Waals surface area contributed by atoms with Crippen molar-refractivity contribution >= 4 is 25.8 Å². The van der Waals surface area contributed by atoms with E-state index in [4.69, 9.17) is 40.7 Å². The van der Waals surface area contributed by atoms with Crippen LogP contribution in [-0.2, 0) is 49.1 Å². The molecule has 12 heteroatoms. The Kier molecular flexibility index (Phi) is 66.4. The molecule has 6 aromatic rings. The van der Waals surface area contributed by atoms with Crippen LogP contribution >= 0.6 is 25.8 Å². The van der Waals surface area contributed by atoms with Gasteiger partial charge in [0.25, 0.3) is 0 Å². The van der Waals surface area contributed by atoms with Crippen molar-refractivity contribution in [3.05, 3.63) is 176 Å². The minimum Gasteiger partial charge on any atom is -0.426 e. The van der Waals surface area contributed by atoms with Gasteiger partial charge in [0.2, 0.25) is 0 Å². The minimum absolute atomic E-state index is 0.0686. The number of unbranched alkanes of at least 4 members (excludes halogenated alkanes) is 54. The maximum Gasteiger partial charge on any atom is 0.530 e. The van der Waals surface area contributed by atoms with E-state index in [0.717, 1.165) is 135 Å². The lowest BCUT2D eigenvalue weighted by atomic mass is 9.74. The van der Waals surface area contributed by atoms with Crippen molar-refractivity contribution in [3.8, 4) is 34.5 Å². The molecule has 3 unspecified atom stereocenters. The predicted molar refractivity (Wildman–Crippen MR) is 608 cm³/mol. The molecule has 6 aromatic carbocycles. The Morgan fingerprint density at radius 3 is 0.691 bits per heavy atom. The largest absolute Gasteiger partial charge is 0.530 e. The highest BCUT2D eigenvalue weighted by molar-refractivity contribution is 7.43. The highest BCUT2D eigenvalue weighted by Crippen LogP contribution is 2.54. The third-order valence-corrected chi connectivity index (χ3v) is 32.1. The molecule has 0 aliphatic carbocycles. The van der Waals surface area contributed by atoms with Gasteiger partial charge in [-0.1, -0.05) is 530 Å². The SMILES string of the molecule is CCCCCCCCCCCCCCCCOP(OCCCCCCCCCCCCCCCC)Oc1cc(C)c(C(CC(C)c2cc(C(C)(C)C)c(OP(Oc3ccccc3CCCCCCCC)Oc3ccccc3CCCCCCCC)cc2C)c2cc(C(C)(C)C)c(OP(OCCCCCCCCCCCCCCCC)Oc3ccccc3CCCCCCCC)cc2C)cc1C(C)(C)C. The Bertz CT molecular complexity index is 3960. The van der Waals surface area contributed by atoms with Crippen LogP contribution < -0.4 is 27.1 Å². The summed E-state index contributed by atoms with van der Waals surface area (Å²) in [6.45, 7) is 46.2. The molecule has 0 radical (unpaired) electrons. The van der Waals surface area contributed by atoms with Crippen LogP contribution in [0.25, 0.3) is 0 Å². The van der Waals surface area contributed by atoms with E-state index in [1.807, 2.05) is 0 Å². The van der Waals surface area contributed by atoms with Crippen LogP contribution in [0, 0.1) is 20.8 Å². The third kappa shape index (κ3) is 52.5. The van der Waals surface area contributed by atoms with Gasteiger partial charge in [-0.05, 0) is 194 Å². The molecule has 0 N–H and O–H groups in total. The van der Waals surface area contributed by atoms with E-state index in [0.29, 0.717) is 19.8 Å². The molecule has 0 aromatic heterocycles. The molecule has 0 fully saturated rings. The van der Waals surface area contributed by atoms with E-state index in [9.17, 15) is 0 Å². The summed E-state index contributed by atoms with van der Waals surface area (Å²) in [4.78, 5) is 0. The summed E-state index contributed by atoms with van der Waals surface area (Å²) < 4.78 is 65.0. The number of para-hydroxylation sites is 3. The molecule has 9 nitrogen and oxygen atoms in total. The molecule has 0 saturated heterocycles. The van der Waals surface area contributed by atoms with Gasteiger partial charge in [-0.15, -0.1) is 0 Å². The normalized spacial score (nSPS) is 12.8. The topological polar surface area (TPSA) is 83.1 Å². The zero-order chi connectivity index (χ0) is 100. The van der Waals surface area contributed by atoms with Crippen molar-refractivity contribution < 1.29 is 40.7 Å². The lowest BCUT2D eigenvalue weighted by Gasteiger charge is -2.33. The van der Waals surface area contributed by atoms with E-state index in [1.165, 1.54) is 378 Å². The first-order chi connectivity index (χ1) is 67.4. The zero-order valence-electron chi connectivity index (χ0n) is 93.4. The lowest BCUT2D eigenvalue weighted by Crippen LogP contribution is -2.19. The van der Waals surface area contributed by atoms with Crippen LogP contribution in [0.2, 0.25) is 0 Å². The monoisotopic (exact) mass is 1970 g/mol. The van der Waals surface area contributed by atoms with E-state index >= 15 is 0 Å². The molecule has 0 aliphatic heterocycles. The Morgan fingerprint density at radius 1 is 0.223 bits per heavy atom. The molecule has 788 valence electrons. The van der Waals surface area contributed by atoms with Gasteiger partial charge in [-0.2, -0.15) is 0 Å². The number of hydrogen-bond acceptors (Lipinski definition) is 9. The molecule has 0 saturated carbocycles. The van der Waals surface area contributed by atoms with Gasteiger partial charge in [0.15, 0.2) is 0 Å². The summed E-state index contributed by atoms with van der Waals surface area (Å²) in [6, 6.07) is 40.5. The molecule has 0 bridgehead atoms. The Hall–Kier alpha value is -4.71. The van der Waals surface area contributed by atoms with Gasteiger partial charge in [0.1, 0.15) is 34.5 Å². The van der Waals surface area contributed by atoms with Crippen molar-refractivity contribution in [1.29, 1.82) is 0 Å². The van der Waals surface area contributed by atoms with Crippen LogP contribution in [-0.4, -0.2) is 19.8 Å². The van der Waals surface area contributed by atoms with Gasteiger partial charge in [0.05, 0.1) is 19.8 Å². The standard InChI is InChI=1S/C127H211O9P3/c1-20-26-32-38-44-47-50-53-56-59-62-65-71-83-95-128-137(129-96-84-72-66-63-60-57-54-51-48-45-39-33-27-21-2)134-122-100-107(9)113(103-117(122)126(14,15)16)115(114-104-118(127(17,18)19)123(101-108(114)10)135-138(131-119-92-80-77-89-109(119)86-74-68-41-35-29-23-4)130-97-85-73-67-64-61-58-55-52-49-46-40-34-28-22-3)98-105(7)112-102-116(125(11,12)13)124(99-106(112)8)136-139(132-120-93-81-78-90-110(120)87-75-69-42-36-30-24-5)133-121-94-82-79-91-111(121)88-76-70-43-37-31-25-6/h77-82,89-94,99-105,115H,20-76,83-88,95-98H2,1-19H3. The highest BCUT2D eigenvalue weighted by atomic mass is 31.2. The predicted octanol–water partition coefficient (Wildman–Crippen LogP) is 44.1. The number of hydrogen-bond donors (Lipinski definition) is 0. The molecule has 0 heterocycles. The van der Waals surface area contributed by atoms with Crippen molar-refractivity contribution in [3.63, 3.8) is 0 Å². The van der Waals surface area contributed by atoms with Gasteiger partial charge in [-0.3, -0.25) is 4.52 Å². The number of rotatable bonds is 86. The van der Waals surface area contributed by atoms with Crippen molar-refractivity contribution in [2.75, 3.05) is 19.8 Å². The minimum atomic E-state index is -2.00. The van der Waals surface area contributed by atoms with Crippen LogP contribution in [0.1, 0.15) is 581 Å². The smallest absolute Gasteiger partial charge is 0.426 e. The van der Waals surface area contributed by atoms with Crippen LogP contribution in [0.3, 0.4) is 0 Å². The molecule has 0 aliphatic rings. The van der Waals surface area contributed by atoms with E-state index in [1.54, 1.807) is 0 Å². The molecular formula is C127H211O9P3. The molecular weight excluding hydrogens is 1760 g/mol. The second-order valence-electron chi connectivity index (χ2n) is 44.9. The van der Waals surface area contributed by atoms with Crippen molar-refractivity contribution in [2.45, 2.75) is 571 Å². The summed E-state index contributed by atoms with van der Waals surface area (Å²) in [5.74, 6) is 5.01. The molecule has 139 heavy (non-hydrogen) atoms. The summed E-state index contributed by atoms with van der Waals surface area (Å²) in [5, 5.41) is 0. The van der Waals surface area contributed by atoms with Gasteiger partial charge in [-0.25, -0.2) is 0 Å². The Morgan fingerprint density at radius 2 is 0.424 bits per heavy atom. The summed E-state index contributed by atoms with van der Waals surface area (Å²) in [7, 11) is -5.58. The number of benzene rings is 6. The first kappa shape index (κ1) is 123. The van der Waals surface area contributed by atoms with Gasteiger partial charge in [0, 0.05) is 22.6 Å². The van der Waals surface area contributed by atoms with Crippen molar-refractivity contribution in [1.82, 2.24) is 0 Å². The van der Waals surface area contributed by atoms with Crippen LogP contribution in [0.5, 0.6) is 34.5 Å². The average Bonchev–Trinajstić information content (AvgIpc) is 0.758. The quantitative estimate of drug-likeness (QED) is 0.0274. The average molecular weight is 1970 g/mol. The summed E-state index contributed by atoms with van der Waals surface area (Å²) in [6.07, 6.45) is 81.1. The maximum atomic E-state index is 7.50. The van der Waals surface area contributed by atoms with E-state index in [2.05, 4.69) is 241 Å². The van der Waals surface area contributed by atoms with Crippen molar-refractivity contribution in [2.24, 2.45) is 0 Å². The van der Waals surface area contributed by atoms with Crippen LogP contribution in [0.4, 0.5) is 0 Å². The summed E-state index contributed by atoms with van der Waals surface area (Å²) >= 11 is 0. The maximum absolute atomic E-state index is 7.50. The van der Waals surface area contributed by atoms with E-state index < -0.39 is 25.8 Å². The Labute approximate surface area is 861 Å². The molecule has 6 rings (SSSR count). The first-order valence-electron chi connectivity index (χ1n) is 58.5. The second-order valence-corrected chi connectivity index (χ2v) is 48.1. The molecule has 3 atom stereocenters. The Balaban J connectivity index is 1.44. The fourth-order valence-corrected chi connectivity index (χ4v) is 23.2. The van der Waals surface area contributed by atoms with Crippen LogP contribution in [0.15, 0.2) is 109 Å². The molecule has 0 spiro atoms. The molecule has 0 amide bonds. The number of aryl methyl sites for hydroxylation is 6. The summed E-state index contributed by atoms with van der Waals surface area (Å²) in [5.41, 5.74) is 13.5. The highest BCUT2D eigenvalue weighted by Gasteiger charge is 2.35. The van der Waals surface area contributed by atoms with Gasteiger partial charge >= 0.3 is 25.8 Å². The van der Waals surface area contributed by atoms with E-state index in [-0.39, 0.29) is 28.1 Å². The first-order valence-corrected chi connectivity index (χ1v) is 61.8. The van der Waals surface area contributed by atoms with Gasteiger partial charge < -0.3 is 36.2 Å². The lowest BCUT2D eigenvalue weighted by molar-refractivity contribution is 0.197. The fraction of sp³-hybridized carbons (Fsp3) is 0.717. The second kappa shape index (κ2) is 75.1.